The number of para-hydroxylation sites is 1. The van der Waals surface area contributed by atoms with Gasteiger partial charge in [-0.25, -0.2) is 4.79 Å². The standard InChI is InChI=1S/C16H16N2O/c19-16(17-13-8-2-1-3-9-13)18-15-11-5-7-12-6-4-10-14(12)15/h1-4,6,8-9,11H,5,7,10H2,(H2,17,18,19). The van der Waals surface area contributed by atoms with Gasteiger partial charge in [0.1, 0.15) is 0 Å². The highest BCUT2D eigenvalue weighted by atomic mass is 16.2. The van der Waals surface area contributed by atoms with E-state index in [4.69, 9.17) is 0 Å². The highest BCUT2D eigenvalue weighted by molar-refractivity contribution is 5.91. The van der Waals surface area contributed by atoms with Gasteiger partial charge >= 0.3 is 6.03 Å². The van der Waals surface area contributed by atoms with Crippen molar-refractivity contribution in [3.05, 3.63) is 65.4 Å². The van der Waals surface area contributed by atoms with Gasteiger partial charge in [-0.15, -0.1) is 0 Å². The van der Waals surface area contributed by atoms with E-state index in [1.165, 1.54) is 11.1 Å². The van der Waals surface area contributed by atoms with Crippen LogP contribution in [0.2, 0.25) is 0 Å². The zero-order valence-corrected chi connectivity index (χ0v) is 10.6. The van der Waals surface area contributed by atoms with E-state index < -0.39 is 0 Å². The van der Waals surface area contributed by atoms with Crippen LogP contribution < -0.4 is 10.6 Å². The van der Waals surface area contributed by atoms with Crippen LogP contribution in [-0.4, -0.2) is 6.03 Å². The summed E-state index contributed by atoms with van der Waals surface area (Å²) in [4.78, 5) is 12.0. The molecule has 0 atom stereocenters. The first-order valence-electron chi connectivity index (χ1n) is 6.55. The van der Waals surface area contributed by atoms with Crippen molar-refractivity contribution >= 4 is 11.7 Å². The molecular weight excluding hydrogens is 236 g/mol. The molecule has 2 amide bonds. The molecule has 0 aromatic heterocycles. The summed E-state index contributed by atoms with van der Waals surface area (Å²) in [5.41, 5.74) is 4.38. The summed E-state index contributed by atoms with van der Waals surface area (Å²) >= 11 is 0. The molecule has 96 valence electrons. The number of nitrogens with one attached hydrogen (secondary N) is 2. The van der Waals surface area contributed by atoms with Crippen molar-refractivity contribution in [1.82, 2.24) is 5.32 Å². The number of hydrogen-bond donors (Lipinski definition) is 2. The van der Waals surface area contributed by atoms with Gasteiger partial charge in [0, 0.05) is 11.4 Å². The zero-order valence-electron chi connectivity index (χ0n) is 10.6. The van der Waals surface area contributed by atoms with Crippen molar-refractivity contribution in [2.24, 2.45) is 0 Å². The predicted octanol–water partition coefficient (Wildman–Crippen LogP) is 3.74. The molecule has 0 fully saturated rings. The quantitative estimate of drug-likeness (QED) is 0.827. The minimum absolute atomic E-state index is 0.182. The maximum atomic E-state index is 12.0. The van der Waals surface area contributed by atoms with Crippen molar-refractivity contribution < 1.29 is 4.79 Å². The molecule has 3 rings (SSSR count). The van der Waals surface area contributed by atoms with Crippen LogP contribution >= 0.6 is 0 Å². The first-order valence-corrected chi connectivity index (χ1v) is 6.55. The number of carbonyl (C=O) groups is 1. The molecule has 2 aliphatic rings. The molecule has 0 aliphatic heterocycles. The molecule has 0 saturated heterocycles. The smallest absolute Gasteiger partial charge is 0.308 e. The normalized spacial score (nSPS) is 16.9. The maximum absolute atomic E-state index is 12.0. The molecule has 2 N–H and O–H groups in total. The molecular formula is C16H16N2O. The molecule has 1 aromatic rings. The van der Waals surface area contributed by atoms with E-state index in [1.807, 2.05) is 30.3 Å². The number of rotatable bonds is 2. The third-order valence-electron chi connectivity index (χ3n) is 3.40. The fourth-order valence-electron chi connectivity index (χ4n) is 2.50. The molecule has 0 unspecified atom stereocenters. The SMILES string of the molecule is O=C(NC1=CCCC2=C1CC=C2)Nc1ccccc1. The van der Waals surface area contributed by atoms with Gasteiger partial charge in [-0.2, -0.15) is 0 Å². The number of hydrogen-bond acceptors (Lipinski definition) is 1. The van der Waals surface area contributed by atoms with Crippen LogP contribution in [0, 0.1) is 0 Å². The van der Waals surface area contributed by atoms with Crippen molar-refractivity contribution in [2.45, 2.75) is 19.3 Å². The van der Waals surface area contributed by atoms with Crippen molar-refractivity contribution in [2.75, 3.05) is 5.32 Å². The van der Waals surface area contributed by atoms with Gasteiger partial charge in [-0.1, -0.05) is 36.4 Å². The van der Waals surface area contributed by atoms with E-state index in [1.54, 1.807) is 0 Å². The second-order valence-corrected chi connectivity index (χ2v) is 4.71. The van der Waals surface area contributed by atoms with E-state index >= 15 is 0 Å². The Bertz CT molecular complexity index is 582. The number of anilines is 1. The van der Waals surface area contributed by atoms with Crippen LogP contribution in [0.25, 0.3) is 0 Å². The van der Waals surface area contributed by atoms with Crippen molar-refractivity contribution in [1.29, 1.82) is 0 Å². The van der Waals surface area contributed by atoms with E-state index in [0.717, 1.165) is 30.6 Å². The molecule has 3 nitrogen and oxygen atoms in total. The van der Waals surface area contributed by atoms with E-state index in [-0.39, 0.29) is 6.03 Å². The van der Waals surface area contributed by atoms with Gasteiger partial charge in [0.15, 0.2) is 0 Å². The largest absolute Gasteiger partial charge is 0.323 e. The first kappa shape index (κ1) is 11.8. The Balaban J connectivity index is 1.66. The van der Waals surface area contributed by atoms with Gasteiger partial charge < -0.3 is 10.6 Å². The monoisotopic (exact) mass is 252 g/mol. The molecule has 0 saturated carbocycles. The summed E-state index contributed by atoms with van der Waals surface area (Å²) in [5.74, 6) is 0. The molecule has 0 spiro atoms. The lowest BCUT2D eigenvalue weighted by molar-refractivity contribution is 0.254. The van der Waals surface area contributed by atoms with Crippen LogP contribution in [0.4, 0.5) is 10.5 Å². The first-order chi connectivity index (χ1) is 9.33. The molecule has 2 aliphatic carbocycles. The maximum Gasteiger partial charge on any atom is 0.323 e. The fourth-order valence-corrected chi connectivity index (χ4v) is 2.50. The second kappa shape index (κ2) is 5.14. The zero-order chi connectivity index (χ0) is 13.1. The summed E-state index contributed by atoms with van der Waals surface area (Å²) in [7, 11) is 0. The fraction of sp³-hybridized carbons (Fsp3) is 0.188. The average Bonchev–Trinajstić information content (AvgIpc) is 2.89. The Morgan fingerprint density at radius 3 is 2.79 bits per heavy atom. The number of carbonyl (C=O) groups excluding carboxylic acids is 1. The van der Waals surface area contributed by atoms with E-state index in [0.29, 0.717) is 0 Å². The lowest BCUT2D eigenvalue weighted by atomic mass is 9.97. The van der Waals surface area contributed by atoms with Crippen LogP contribution in [0.5, 0.6) is 0 Å². The van der Waals surface area contributed by atoms with Gasteiger partial charge in [0.25, 0.3) is 0 Å². The minimum atomic E-state index is -0.182. The van der Waals surface area contributed by atoms with E-state index in [2.05, 4.69) is 28.9 Å². The molecule has 3 heteroatoms. The third kappa shape index (κ3) is 2.60. The highest BCUT2D eigenvalue weighted by Crippen LogP contribution is 2.31. The van der Waals surface area contributed by atoms with Crippen LogP contribution in [0.3, 0.4) is 0 Å². The Morgan fingerprint density at radius 1 is 1.11 bits per heavy atom. The minimum Gasteiger partial charge on any atom is -0.308 e. The summed E-state index contributed by atoms with van der Waals surface area (Å²) < 4.78 is 0. The van der Waals surface area contributed by atoms with Gasteiger partial charge in [-0.05, 0) is 42.5 Å². The molecule has 0 bridgehead atoms. The number of allylic oxidation sites excluding steroid dienone is 5. The third-order valence-corrected chi connectivity index (χ3v) is 3.40. The molecule has 1 aromatic carbocycles. The number of amides is 2. The predicted molar refractivity (Wildman–Crippen MR) is 76.7 cm³/mol. The Hall–Kier alpha value is -2.29. The lowest BCUT2D eigenvalue weighted by Gasteiger charge is -2.18. The lowest BCUT2D eigenvalue weighted by Crippen LogP contribution is -2.29. The van der Waals surface area contributed by atoms with E-state index in [9.17, 15) is 4.79 Å². The summed E-state index contributed by atoms with van der Waals surface area (Å²) in [5, 5.41) is 5.79. The topological polar surface area (TPSA) is 41.1 Å². The Kier molecular flexibility index (Phi) is 3.19. The van der Waals surface area contributed by atoms with Crippen LogP contribution in [0.15, 0.2) is 65.4 Å². The van der Waals surface area contributed by atoms with Gasteiger partial charge in [-0.3, -0.25) is 0 Å². The summed E-state index contributed by atoms with van der Waals surface area (Å²) in [6.45, 7) is 0. The summed E-state index contributed by atoms with van der Waals surface area (Å²) in [6.07, 6.45) is 9.42. The molecule has 0 heterocycles. The highest BCUT2D eigenvalue weighted by Gasteiger charge is 2.18. The Labute approximate surface area is 112 Å². The average molecular weight is 252 g/mol. The number of urea groups is 1. The van der Waals surface area contributed by atoms with Crippen molar-refractivity contribution in [3.8, 4) is 0 Å². The summed E-state index contributed by atoms with van der Waals surface area (Å²) in [6, 6.07) is 9.29. The van der Waals surface area contributed by atoms with Gasteiger partial charge in [0.2, 0.25) is 0 Å². The molecule has 0 radical (unpaired) electrons. The van der Waals surface area contributed by atoms with Crippen LogP contribution in [-0.2, 0) is 0 Å². The Morgan fingerprint density at radius 2 is 1.95 bits per heavy atom. The van der Waals surface area contributed by atoms with Gasteiger partial charge in [0.05, 0.1) is 0 Å². The number of benzene rings is 1. The second-order valence-electron chi connectivity index (χ2n) is 4.71. The van der Waals surface area contributed by atoms with Crippen LogP contribution in [0.1, 0.15) is 19.3 Å². The van der Waals surface area contributed by atoms with Crippen molar-refractivity contribution in [3.63, 3.8) is 0 Å². The molecule has 19 heavy (non-hydrogen) atoms.